The molecule has 148 valence electrons. The molecule has 1 heterocycles. The van der Waals surface area contributed by atoms with E-state index in [-0.39, 0.29) is 17.7 Å². The van der Waals surface area contributed by atoms with E-state index in [1.165, 1.54) is 0 Å². The molecule has 0 saturated carbocycles. The van der Waals surface area contributed by atoms with Crippen LogP contribution < -0.4 is 15.0 Å². The maximum atomic E-state index is 12.7. The van der Waals surface area contributed by atoms with Crippen molar-refractivity contribution in [2.45, 2.75) is 13.8 Å². The number of hydrogen-bond donors (Lipinski definition) is 1. The fraction of sp³-hybridized carbons (Fsp3) is 0.364. The van der Waals surface area contributed by atoms with Crippen LogP contribution in [0.2, 0.25) is 0 Å². The van der Waals surface area contributed by atoms with Crippen molar-refractivity contribution in [1.29, 1.82) is 0 Å². The molecule has 0 radical (unpaired) electrons. The first-order valence-corrected chi connectivity index (χ1v) is 9.57. The fourth-order valence-corrected chi connectivity index (χ4v) is 3.35. The molecule has 1 aliphatic rings. The molecule has 0 bridgehead atoms. The minimum atomic E-state index is -0.181. The number of carbonyl (C=O) groups is 2. The van der Waals surface area contributed by atoms with Gasteiger partial charge in [-0.15, -0.1) is 0 Å². The van der Waals surface area contributed by atoms with E-state index in [0.29, 0.717) is 24.4 Å². The molecule has 0 unspecified atom stereocenters. The first kappa shape index (κ1) is 19.7. The molecule has 2 aromatic rings. The van der Waals surface area contributed by atoms with Gasteiger partial charge >= 0.3 is 0 Å². The molecule has 28 heavy (non-hydrogen) atoms. The lowest BCUT2D eigenvalue weighted by atomic mass is 10.1. The van der Waals surface area contributed by atoms with Crippen LogP contribution in [0.4, 0.5) is 11.4 Å². The van der Waals surface area contributed by atoms with Crippen molar-refractivity contribution in [3.63, 3.8) is 0 Å². The molecule has 0 aliphatic carbocycles. The highest BCUT2D eigenvalue weighted by Crippen LogP contribution is 2.27. The van der Waals surface area contributed by atoms with Crippen LogP contribution in [0, 0.1) is 5.92 Å². The van der Waals surface area contributed by atoms with Gasteiger partial charge in [-0.1, -0.05) is 32.0 Å². The van der Waals surface area contributed by atoms with Crippen LogP contribution in [0.25, 0.3) is 0 Å². The summed E-state index contributed by atoms with van der Waals surface area (Å²) >= 11 is 0. The molecule has 3 rings (SSSR count). The SMILES string of the molecule is COc1cccc(C(=O)Nc2ccccc2N2CCN(C(=O)C(C)C)CC2)c1. The van der Waals surface area contributed by atoms with Gasteiger partial charge in [0.05, 0.1) is 18.5 Å². The summed E-state index contributed by atoms with van der Waals surface area (Å²) < 4.78 is 5.20. The van der Waals surface area contributed by atoms with Gasteiger partial charge in [-0.2, -0.15) is 0 Å². The third-order valence-corrected chi connectivity index (χ3v) is 4.91. The number of rotatable bonds is 5. The third-order valence-electron chi connectivity index (χ3n) is 4.91. The Kier molecular flexibility index (Phi) is 6.19. The van der Waals surface area contributed by atoms with E-state index in [4.69, 9.17) is 4.74 Å². The first-order chi connectivity index (χ1) is 13.5. The minimum Gasteiger partial charge on any atom is -0.497 e. The van der Waals surface area contributed by atoms with Crippen molar-refractivity contribution in [1.82, 2.24) is 4.90 Å². The van der Waals surface area contributed by atoms with E-state index in [1.807, 2.05) is 49.1 Å². The highest BCUT2D eigenvalue weighted by atomic mass is 16.5. The van der Waals surface area contributed by atoms with Gasteiger partial charge in [0.25, 0.3) is 5.91 Å². The number of benzene rings is 2. The van der Waals surface area contributed by atoms with Gasteiger partial charge in [-0.3, -0.25) is 9.59 Å². The Labute approximate surface area is 166 Å². The summed E-state index contributed by atoms with van der Waals surface area (Å²) in [6, 6.07) is 14.9. The minimum absolute atomic E-state index is 0.0148. The van der Waals surface area contributed by atoms with Crippen LogP contribution in [0.3, 0.4) is 0 Å². The summed E-state index contributed by atoms with van der Waals surface area (Å²) in [5.74, 6) is 0.673. The lowest BCUT2D eigenvalue weighted by molar-refractivity contribution is -0.134. The molecule has 1 fully saturated rings. The van der Waals surface area contributed by atoms with Crippen LogP contribution in [0.1, 0.15) is 24.2 Å². The molecule has 0 spiro atoms. The molecule has 2 amide bonds. The quantitative estimate of drug-likeness (QED) is 0.864. The lowest BCUT2D eigenvalue weighted by Gasteiger charge is -2.37. The number of methoxy groups -OCH3 is 1. The molecular weight excluding hydrogens is 354 g/mol. The van der Waals surface area contributed by atoms with Crippen molar-refractivity contribution < 1.29 is 14.3 Å². The molecule has 6 nitrogen and oxygen atoms in total. The van der Waals surface area contributed by atoms with Crippen molar-refractivity contribution >= 4 is 23.2 Å². The van der Waals surface area contributed by atoms with Crippen molar-refractivity contribution in [3.8, 4) is 5.75 Å². The number of hydrogen-bond acceptors (Lipinski definition) is 4. The number of ether oxygens (including phenoxy) is 1. The van der Waals surface area contributed by atoms with E-state index >= 15 is 0 Å². The molecule has 0 aromatic heterocycles. The summed E-state index contributed by atoms with van der Waals surface area (Å²) in [5, 5.41) is 3.01. The number of nitrogens with one attached hydrogen (secondary N) is 1. The predicted octanol–water partition coefficient (Wildman–Crippen LogP) is 3.25. The second-order valence-electron chi connectivity index (χ2n) is 7.17. The van der Waals surface area contributed by atoms with Crippen molar-refractivity contribution in [2.24, 2.45) is 5.92 Å². The van der Waals surface area contributed by atoms with Gasteiger partial charge < -0.3 is 19.9 Å². The maximum absolute atomic E-state index is 12.7. The summed E-state index contributed by atoms with van der Waals surface area (Å²) in [5.41, 5.74) is 2.27. The smallest absolute Gasteiger partial charge is 0.255 e. The second-order valence-corrected chi connectivity index (χ2v) is 7.17. The first-order valence-electron chi connectivity index (χ1n) is 9.57. The van der Waals surface area contributed by atoms with Crippen LogP contribution in [-0.2, 0) is 4.79 Å². The number of carbonyl (C=O) groups excluding carboxylic acids is 2. The van der Waals surface area contributed by atoms with E-state index < -0.39 is 0 Å². The van der Waals surface area contributed by atoms with Crippen molar-refractivity contribution in [3.05, 3.63) is 54.1 Å². The van der Waals surface area contributed by atoms with Gasteiger partial charge in [0.15, 0.2) is 0 Å². The summed E-state index contributed by atoms with van der Waals surface area (Å²) in [4.78, 5) is 29.0. The van der Waals surface area contributed by atoms with E-state index in [1.54, 1.807) is 25.3 Å². The number of nitrogens with zero attached hydrogens (tertiary/aromatic N) is 2. The Balaban J connectivity index is 1.71. The zero-order valence-corrected chi connectivity index (χ0v) is 16.6. The van der Waals surface area contributed by atoms with Crippen LogP contribution >= 0.6 is 0 Å². The van der Waals surface area contributed by atoms with Gasteiger partial charge in [0.2, 0.25) is 5.91 Å². The molecule has 0 atom stereocenters. The highest BCUT2D eigenvalue weighted by molar-refractivity contribution is 6.06. The van der Waals surface area contributed by atoms with Gasteiger partial charge in [-0.25, -0.2) is 0 Å². The third kappa shape index (κ3) is 4.44. The fourth-order valence-electron chi connectivity index (χ4n) is 3.35. The Bertz CT molecular complexity index is 842. The van der Waals surface area contributed by atoms with Crippen molar-refractivity contribution in [2.75, 3.05) is 43.5 Å². The molecule has 6 heteroatoms. The lowest BCUT2D eigenvalue weighted by Crippen LogP contribution is -2.50. The molecule has 1 N–H and O–H groups in total. The Morgan fingerprint density at radius 1 is 1.00 bits per heavy atom. The number of amides is 2. The zero-order valence-electron chi connectivity index (χ0n) is 16.6. The summed E-state index contributed by atoms with van der Waals surface area (Å²) in [6.07, 6.45) is 0. The zero-order chi connectivity index (χ0) is 20.1. The normalized spacial score (nSPS) is 14.1. The predicted molar refractivity (Wildman–Crippen MR) is 111 cm³/mol. The number of piperazine rings is 1. The van der Waals surface area contributed by atoms with Gasteiger partial charge in [-0.05, 0) is 30.3 Å². The topological polar surface area (TPSA) is 61.9 Å². The summed E-state index contributed by atoms with van der Waals surface area (Å²) in [7, 11) is 1.58. The Morgan fingerprint density at radius 3 is 2.39 bits per heavy atom. The average Bonchev–Trinajstić information content (AvgIpc) is 2.73. The van der Waals surface area contributed by atoms with Crippen LogP contribution in [0.15, 0.2) is 48.5 Å². The number of para-hydroxylation sites is 2. The average molecular weight is 381 g/mol. The monoisotopic (exact) mass is 381 g/mol. The molecular formula is C22H27N3O3. The maximum Gasteiger partial charge on any atom is 0.255 e. The Hall–Kier alpha value is -3.02. The standard InChI is InChI=1S/C22H27N3O3/c1-16(2)22(27)25-13-11-24(12-14-25)20-10-5-4-9-19(20)23-21(26)17-7-6-8-18(15-17)28-3/h4-10,15-16H,11-14H2,1-3H3,(H,23,26). The molecule has 1 saturated heterocycles. The van der Waals surface area contributed by atoms with E-state index in [0.717, 1.165) is 24.5 Å². The Morgan fingerprint density at radius 2 is 1.71 bits per heavy atom. The number of anilines is 2. The second kappa shape index (κ2) is 8.78. The van der Waals surface area contributed by atoms with Crippen LogP contribution in [-0.4, -0.2) is 50.0 Å². The highest BCUT2D eigenvalue weighted by Gasteiger charge is 2.24. The summed E-state index contributed by atoms with van der Waals surface area (Å²) in [6.45, 7) is 6.72. The van der Waals surface area contributed by atoms with E-state index in [2.05, 4.69) is 10.2 Å². The largest absolute Gasteiger partial charge is 0.497 e. The molecule has 1 aliphatic heterocycles. The van der Waals surface area contributed by atoms with Crippen LogP contribution in [0.5, 0.6) is 5.75 Å². The van der Waals surface area contributed by atoms with Gasteiger partial charge in [0, 0.05) is 37.7 Å². The molecule has 2 aromatic carbocycles. The van der Waals surface area contributed by atoms with E-state index in [9.17, 15) is 9.59 Å². The van der Waals surface area contributed by atoms with Gasteiger partial charge in [0.1, 0.15) is 5.75 Å².